The molecule has 0 N–H and O–H groups in total. The molecule has 0 fully saturated rings. The maximum atomic E-state index is 2.53. The Kier molecular flexibility index (Phi) is 10.6. The van der Waals surface area contributed by atoms with Crippen LogP contribution < -0.4 is 20.7 Å². The minimum Gasteiger partial charge on any atom is -0.309 e. The number of hydrogen-bond acceptors (Lipinski definition) is 0. The van der Waals surface area contributed by atoms with E-state index < -0.39 is 8.07 Å². The first kappa shape index (κ1) is 47.1. The second kappa shape index (κ2) is 18.7. The number of para-hydroxylation sites is 5. The third-order valence-electron chi connectivity index (χ3n) is 17.7. The second-order valence-corrected chi connectivity index (χ2v) is 25.8. The zero-order valence-corrected chi connectivity index (χ0v) is 46.3. The van der Waals surface area contributed by atoms with E-state index in [0.29, 0.717) is 0 Å². The van der Waals surface area contributed by atoms with Crippen molar-refractivity contribution in [2.75, 3.05) is 0 Å². The van der Waals surface area contributed by atoms with Crippen LogP contribution in [-0.2, 0) is 0 Å². The predicted molar refractivity (Wildman–Crippen MR) is 353 cm³/mol. The Bertz CT molecular complexity index is 5230. The molecular formula is C78H52N4Si. The molecule has 17 aromatic rings. The van der Waals surface area contributed by atoms with Crippen LogP contribution in [0.2, 0.25) is 0 Å². The van der Waals surface area contributed by atoms with Crippen LogP contribution in [0.4, 0.5) is 0 Å². The monoisotopic (exact) mass is 1070 g/mol. The lowest BCUT2D eigenvalue weighted by molar-refractivity contribution is 1.13. The van der Waals surface area contributed by atoms with Crippen LogP contribution in [-0.4, -0.2) is 26.3 Å². The fourth-order valence-corrected chi connectivity index (χ4v) is 18.9. The van der Waals surface area contributed by atoms with Crippen LogP contribution >= 0.6 is 0 Å². The van der Waals surface area contributed by atoms with E-state index in [0.717, 1.165) is 55.9 Å². The molecule has 0 radical (unpaired) electrons. The molecule has 388 valence electrons. The number of rotatable bonds is 9. The summed E-state index contributed by atoms with van der Waals surface area (Å²) < 4.78 is 9.90. The van der Waals surface area contributed by atoms with Crippen LogP contribution in [0.5, 0.6) is 0 Å². The van der Waals surface area contributed by atoms with Crippen LogP contribution in [0.15, 0.2) is 315 Å². The Morgan fingerprint density at radius 3 is 0.964 bits per heavy atom. The van der Waals surface area contributed by atoms with Crippen molar-refractivity contribution in [3.63, 3.8) is 0 Å². The van der Waals surface area contributed by atoms with Gasteiger partial charge in [-0.3, -0.25) is 0 Å². The van der Waals surface area contributed by atoms with Crippen molar-refractivity contribution in [2.45, 2.75) is 0 Å². The lowest BCUT2D eigenvalue weighted by Crippen LogP contribution is -2.74. The Balaban J connectivity index is 0.883. The molecule has 4 nitrogen and oxygen atoms in total. The fraction of sp³-hybridized carbons (Fsp3) is 0. The Morgan fingerprint density at radius 1 is 0.169 bits per heavy atom. The molecule has 0 bridgehead atoms. The maximum Gasteiger partial charge on any atom is 0.179 e. The minimum absolute atomic E-state index is 1.09. The molecule has 5 heteroatoms. The summed E-state index contributed by atoms with van der Waals surface area (Å²) in [7, 11) is -2.81. The summed E-state index contributed by atoms with van der Waals surface area (Å²) in [4.78, 5) is 0. The van der Waals surface area contributed by atoms with Crippen LogP contribution in [0.3, 0.4) is 0 Å². The summed E-state index contributed by atoms with van der Waals surface area (Å²) >= 11 is 0. The van der Waals surface area contributed by atoms with Gasteiger partial charge >= 0.3 is 0 Å². The Hall–Kier alpha value is -10.7. The molecule has 0 aliphatic rings. The van der Waals surface area contributed by atoms with Gasteiger partial charge in [0.1, 0.15) is 0 Å². The van der Waals surface area contributed by atoms with Gasteiger partial charge in [-0.2, -0.15) is 0 Å². The second-order valence-electron chi connectivity index (χ2n) is 22.0. The van der Waals surface area contributed by atoms with Gasteiger partial charge in [0.25, 0.3) is 0 Å². The summed E-state index contributed by atoms with van der Waals surface area (Å²) in [6, 6.07) is 118. The minimum atomic E-state index is -2.81. The van der Waals surface area contributed by atoms with Gasteiger partial charge in [0.05, 0.1) is 44.1 Å². The van der Waals surface area contributed by atoms with Gasteiger partial charge in [0.15, 0.2) is 8.07 Å². The maximum absolute atomic E-state index is 2.81. The quantitative estimate of drug-likeness (QED) is 0.101. The molecule has 0 unspecified atom stereocenters. The van der Waals surface area contributed by atoms with E-state index in [4.69, 9.17) is 0 Å². The van der Waals surface area contributed by atoms with E-state index in [1.54, 1.807) is 0 Å². The smallest absolute Gasteiger partial charge is 0.179 e. The Morgan fingerprint density at radius 2 is 0.494 bits per heavy atom. The van der Waals surface area contributed by atoms with Crippen molar-refractivity contribution in [3.05, 3.63) is 315 Å². The van der Waals surface area contributed by atoms with Crippen LogP contribution in [0, 0.1) is 0 Å². The number of aromatic nitrogens is 4. The number of fused-ring (bicyclic) bond motifs is 12. The van der Waals surface area contributed by atoms with Crippen molar-refractivity contribution in [2.24, 2.45) is 0 Å². The molecule has 0 aliphatic heterocycles. The van der Waals surface area contributed by atoms with Gasteiger partial charge in [0, 0.05) is 65.8 Å². The summed E-state index contributed by atoms with van der Waals surface area (Å²) in [5, 5.41) is 15.3. The van der Waals surface area contributed by atoms with Gasteiger partial charge in [-0.05, 0) is 117 Å². The van der Waals surface area contributed by atoms with Crippen LogP contribution in [0.25, 0.3) is 121 Å². The standard InChI is InChI=1S/C78H52N4Si/c1-5-23-53(24-6-1)54-47-57(81-75-40-22-16-34-66(75)69-50-55(42-45-76(69)81)79-71-36-18-13-31-63(71)64-32-14-19-37-72(64)79)49-58(48-54)82-73-38-20-15-33-65(73)68-44-41-56(51-78(68)82)80-74-39-21-17-35-67(74)70-52-62(43-46-77(70)80)83(59-25-7-2-8-26-59,60-27-9-3-10-28-60)61-29-11-4-12-30-61/h1-52H. The first-order valence-electron chi connectivity index (χ1n) is 28.7. The largest absolute Gasteiger partial charge is 0.309 e. The van der Waals surface area contributed by atoms with Crippen molar-refractivity contribution in [1.82, 2.24) is 18.3 Å². The summed E-state index contributed by atoms with van der Waals surface area (Å²) in [5.74, 6) is 0. The molecule has 0 saturated carbocycles. The summed E-state index contributed by atoms with van der Waals surface area (Å²) in [5.41, 5.74) is 16.1. The predicted octanol–water partition coefficient (Wildman–Crippen LogP) is 17.1. The highest BCUT2D eigenvalue weighted by atomic mass is 28.3. The van der Waals surface area contributed by atoms with E-state index in [1.807, 2.05) is 0 Å². The third-order valence-corrected chi connectivity index (χ3v) is 22.4. The average molecular weight is 1070 g/mol. The lowest BCUT2D eigenvalue weighted by atomic mass is 10.0. The molecule has 0 aliphatic carbocycles. The highest BCUT2D eigenvalue weighted by molar-refractivity contribution is 7.20. The molecule has 4 aromatic heterocycles. The first-order valence-corrected chi connectivity index (χ1v) is 30.7. The molecule has 0 saturated heterocycles. The van der Waals surface area contributed by atoms with E-state index in [-0.39, 0.29) is 0 Å². The molecule has 0 amide bonds. The van der Waals surface area contributed by atoms with Gasteiger partial charge in [-0.1, -0.05) is 231 Å². The molecule has 0 spiro atoms. The highest BCUT2D eigenvalue weighted by Gasteiger charge is 2.41. The third kappa shape index (κ3) is 7.11. The molecule has 17 rings (SSSR count). The molecule has 13 aromatic carbocycles. The van der Waals surface area contributed by atoms with E-state index in [9.17, 15) is 0 Å². The zero-order chi connectivity index (χ0) is 54.6. The Labute approximate surface area is 480 Å². The SMILES string of the molecule is c1ccc(-c2cc(-n3c4ccccc4c4cc(-n5c6ccccc6c6ccccc65)ccc43)cc(-n3c4ccccc4c4ccc(-n5c6ccccc6c6cc([Si](c7ccccc7)(c7ccccc7)c7ccccc7)ccc65)cc43)c2)cc1. The number of nitrogens with zero attached hydrogens (tertiary/aromatic N) is 4. The van der Waals surface area contributed by atoms with E-state index >= 15 is 0 Å². The highest BCUT2D eigenvalue weighted by Crippen LogP contribution is 2.41. The van der Waals surface area contributed by atoms with E-state index in [2.05, 4.69) is 334 Å². The molecule has 4 heterocycles. The van der Waals surface area contributed by atoms with Gasteiger partial charge in [0.2, 0.25) is 0 Å². The van der Waals surface area contributed by atoms with E-state index in [1.165, 1.54) is 85.9 Å². The average Bonchev–Trinajstić information content (AvgIpc) is 3.25. The number of benzene rings is 13. The van der Waals surface area contributed by atoms with Crippen molar-refractivity contribution in [3.8, 4) is 33.9 Å². The summed E-state index contributed by atoms with van der Waals surface area (Å²) in [6.07, 6.45) is 0. The first-order chi connectivity index (χ1) is 41.2. The number of hydrogen-bond donors (Lipinski definition) is 0. The van der Waals surface area contributed by atoms with Gasteiger partial charge in [-0.25, -0.2) is 0 Å². The van der Waals surface area contributed by atoms with Crippen molar-refractivity contribution in [1.29, 1.82) is 0 Å². The lowest BCUT2D eigenvalue weighted by Gasteiger charge is -2.34. The zero-order valence-electron chi connectivity index (χ0n) is 45.3. The molecule has 83 heavy (non-hydrogen) atoms. The van der Waals surface area contributed by atoms with Crippen molar-refractivity contribution < 1.29 is 0 Å². The van der Waals surface area contributed by atoms with Crippen molar-refractivity contribution >= 4 is 116 Å². The topological polar surface area (TPSA) is 19.7 Å². The molecular weight excluding hydrogens is 1020 g/mol. The summed E-state index contributed by atoms with van der Waals surface area (Å²) in [6.45, 7) is 0. The molecule has 0 atom stereocenters. The van der Waals surface area contributed by atoms with Crippen LogP contribution in [0.1, 0.15) is 0 Å². The van der Waals surface area contributed by atoms with Gasteiger partial charge < -0.3 is 18.3 Å². The fourth-order valence-electron chi connectivity index (χ4n) is 14.2. The normalized spacial score (nSPS) is 12.1. The van der Waals surface area contributed by atoms with Gasteiger partial charge in [-0.15, -0.1) is 0 Å².